The molecule has 6 nitrogen and oxygen atoms in total. The summed E-state index contributed by atoms with van der Waals surface area (Å²) in [7, 11) is 0. The van der Waals surface area contributed by atoms with Crippen molar-refractivity contribution in [1.82, 2.24) is 9.80 Å². The first kappa shape index (κ1) is 17.6. The first-order valence-electron chi connectivity index (χ1n) is 8.25. The van der Waals surface area contributed by atoms with Crippen LogP contribution >= 0.6 is 11.3 Å². The number of anilines is 1. The molecule has 1 aromatic heterocycles. The second-order valence-electron chi connectivity index (χ2n) is 5.87. The molecule has 2 aromatic rings. The second kappa shape index (κ2) is 8.24. The predicted octanol–water partition coefficient (Wildman–Crippen LogP) is 1.75. The third-order valence-corrected chi connectivity index (χ3v) is 5.08. The maximum absolute atomic E-state index is 12.6. The Labute approximate surface area is 150 Å². The third kappa shape index (κ3) is 4.45. The summed E-state index contributed by atoms with van der Waals surface area (Å²) in [6.45, 7) is 3.68. The highest BCUT2D eigenvalue weighted by molar-refractivity contribution is 7.12. The van der Waals surface area contributed by atoms with Gasteiger partial charge in [-0.05, 0) is 35.7 Å². The van der Waals surface area contributed by atoms with E-state index in [0.717, 1.165) is 13.1 Å². The Hall–Kier alpha value is -2.22. The lowest BCUT2D eigenvalue weighted by Crippen LogP contribution is -2.49. The maximum Gasteiger partial charge on any atom is 0.265 e. The molecule has 0 aliphatic carbocycles. The molecular formula is C18H21N3O3S. The number of aliphatic hydroxyl groups is 1. The zero-order valence-corrected chi connectivity index (χ0v) is 14.7. The summed E-state index contributed by atoms with van der Waals surface area (Å²) in [4.78, 5) is 29.2. The Morgan fingerprint density at radius 1 is 1.08 bits per heavy atom. The average molecular weight is 359 g/mol. The number of hydrogen-bond donors (Lipinski definition) is 2. The Balaban J connectivity index is 1.57. The molecule has 132 valence electrons. The van der Waals surface area contributed by atoms with E-state index in [1.165, 1.54) is 11.3 Å². The van der Waals surface area contributed by atoms with Crippen LogP contribution in [0.1, 0.15) is 20.0 Å². The number of piperazine rings is 1. The van der Waals surface area contributed by atoms with Gasteiger partial charge >= 0.3 is 0 Å². The topological polar surface area (TPSA) is 72.9 Å². The average Bonchev–Trinajstić information content (AvgIpc) is 3.18. The molecule has 1 aliphatic heterocycles. The lowest BCUT2D eigenvalue weighted by Gasteiger charge is -2.34. The predicted molar refractivity (Wildman–Crippen MR) is 98.1 cm³/mol. The minimum atomic E-state index is -0.144. The number of amides is 2. The molecule has 0 saturated carbocycles. The van der Waals surface area contributed by atoms with E-state index in [2.05, 4.69) is 10.2 Å². The number of β-amino-alcohol motifs (C(OH)–C–C–N with tert-alkyl or cyclic N) is 1. The van der Waals surface area contributed by atoms with Crippen molar-refractivity contribution in [1.29, 1.82) is 0 Å². The molecule has 25 heavy (non-hydrogen) atoms. The maximum atomic E-state index is 12.6. The number of nitrogens with zero attached hydrogens (tertiary/aromatic N) is 2. The fourth-order valence-electron chi connectivity index (χ4n) is 2.80. The van der Waals surface area contributed by atoms with Crippen LogP contribution in [-0.2, 0) is 0 Å². The van der Waals surface area contributed by atoms with E-state index in [1.807, 2.05) is 16.3 Å². The molecule has 1 fully saturated rings. The molecule has 2 heterocycles. The van der Waals surface area contributed by atoms with Gasteiger partial charge in [-0.25, -0.2) is 0 Å². The summed E-state index contributed by atoms with van der Waals surface area (Å²) in [5, 5.41) is 13.7. The standard InChI is InChI=1S/C18H21N3O3S/c22-12-11-20-7-9-21(10-8-20)18(24)14-3-5-15(6-4-14)19-17(23)16-2-1-13-25-16/h1-6,13,22H,7-12H2,(H,19,23). The van der Waals surface area contributed by atoms with Gasteiger partial charge in [-0.2, -0.15) is 0 Å². The molecule has 7 heteroatoms. The van der Waals surface area contributed by atoms with E-state index in [-0.39, 0.29) is 18.4 Å². The highest BCUT2D eigenvalue weighted by Gasteiger charge is 2.21. The largest absolute Gasteiger partial charge is 0.395 e. The molecule has 0 spiro atoms. The Morgan fingerprint density at radius 2 is 1.80 bits per heavy atom. The van der Waals surface area contributed by atoms with Crippen molar-refractivity contribution in [2.45, 2.75) is 0 Å². The van der Waals surface area contributed by atoms with Crippen molar-refractivity contribution in [3.05, 3.63) is 52.2 Å². The SMILES string of the molecule is O=C(Nc1ccc(C(=O)N2CCN(CCO)CC2)cc1)c1cccs1. The monoisotopic (exact) mass is 359 g/mol. The number of benzene rings is 1. The van der Waals surface area contributed by atoms with Gasteiger partial charge in [-0.3, -0.25) is 14.5 Å². The minimum absolute atomic E-state index is 0.000202. The number of rotatable bonds is 5. The Morgan fingerprint density at radius 3 is 2.40 bits per heavy atom. The van der Waals surface area contributed by atoms with Gasteiger partial charge in [0.1, 0.15) is 0 Å². The molecule has 0 radical (unpaired) electrons. The van der Waals surface area contributed by atoms with Crippen LogP contribution in [0.25, 0.3) is 0 Å². The van der Waals surface area contributed by atoms with E-state index in [1.54, 1.807) is 30.3 Å². The van der Waals surface area contributed by atoms with Crippen molar-refractivity contribution in [3.63, 3.8) is 0 Å². The second-order valence-corrected chi connectivity index (χ2v) is 6.81. The number of thiophene rings is 1. The molecule has 1 aliphatic rings. The summed E-state index contributed by atoms with van der Waals surface area (Å²) in [6.07, 6.45) is 0. The fourth-order valence-corrected chi connectivity index (χ4v) is 3.41. The highest BCUT2D eigenvalue weighted by atomic mass is 32.1. The van der Waals surface area contributed by atoms with Gasteiger partial charge in [0.2, 0.25) is 0 Å². The van der Waals surface area contributed by atoms with Gasteiger partial charge in [-0.15, -0.1) is 11.3 Å². The Kier molecular flexibility index (Phi) is 5.80. The molecule has 1 saturated heterocycles. The summed E-state index contributed by atoms with van der Waals surface area (Å²) >= 11 is 1.39. The fraction of sp³-hybridized carbons (Fsp3) is 0.333. The van der Waals surface area contributed by atoms with Crippen LogP contribution in [0.2, 0.25) is 0 Å². The van der Waals surface area contributed by atoms with E-state index in [9.17, 15) is 9.59 Å². The normalized spacial score (nSPS) is 15.2. The number of hydrogen-bond acceptors (Lipinski definition) is 5. The van der Waals surface area contributed by atoms with Crippen molar-refractivity contribution >= 4 is 28.8 Å². The van der Waals surface area contributed by atoms with Gasteiger partial charge < -0.3 is 15.3 Å². The van der Waals surface area contributed by atoms with Gasteiger partial charge in [0, 0.05) is 44.0 Å². The first-order chi connectivity index (χ1) is 12.2. The van der Waals surface area contributed by atoms with Crippen molar-refractivity contribution < 1.29 is 14.7 Å². The molecular weight excluding hydrogens is 338 g/mol. The Bertz CT molecular complexity index is 708. The van der Waals surface area contributed by atoms with Crippen LogP contribution in [-0.4, -0.2) is 66.1 Å². The molecule has 3 rings (SSSR count). The highest BCUT2D eigenvalue weighted by Crippen LogP contribution is 2.16. The number of aliphatic hydroxyl groups excluding tert-OH is 1. The first-order valence-corrected chi connectivity index (χ1v) is 9.13. The molecule has 0 bridgehead atoms. The third-order valence-electron chi connectivity index (χ3n) is 4.21. The summed E-state index contributed by atoms with van der Waals surface area (Å²) in [5.74, 6) is -0.145. The zero-order chi connectivity index (χ0) is 17.6. The molecule has 1 aromatic carbocycles. The van der Waals surface area contributed by atoms with Gasteiger partial charge in [0.25, 0.3) is 11.8 Å². The van der Waals surface area contributed by atoms with Crippen LogP contribution in [0.5, 0.6) is 0 Å². The lowest BCUT2D eigenvalue weighted by atomic mass is 10.1. The van der Waals surface area contributed by atoms with Crippen LogP contribution < -0.4 is 5.32 Å². The van der Waals surface area contributed by atoms with Gasteiger partial charge in [0.15, 0.2) is 0 Å². The van der Waals surface area contributed by atoms with Crippen molar-refractivity contribution in [2.24, 2.45) is 0 Å². The molecule has 0 atom stereocenters. The number of nitrogens with one attached hydrogen (secondary N) is 1. The van der Waals surface area contributed by atoms with Crippen LogP contribution in [0.15, 0.2) is 41.8 Å². The summed E-state index contributed by atoms with van der Waals surface area (Å²) in [6, 6.07) is 10.6. The van der Waals surface area contributed by atoms with E-state index < -0.39 is 0 Å². The van der Waals surface area contributed by atoms with E-state index >= 15 is 0 Å². The van der Waals surface area contributed by atoms with Crippen molar-refractivity contribution in [2.75, 3.05) is 44.6 Å². The molecule has 2 N–H and O–H groups in total. The van der Waals surface area contributed by atoms with E-state index in [4.69, 9.17) is 5.11 Å². The lowest BCUT2D eigenvalue weighted by molar-refractivity contribution is 0.0615. The smallest absolute Gasteiger partial charge is 0.265 e. The zero-order valence-electron chi connectivity index (χ0n) is 13.9. The minimum Gasteiger partial charge on any atom is -0.395 e. The summed E-state index contributed by atoms with van der Waals surface area (Å²) in [5.41, 5.74) is 1.28. The number of carbonyl (C=O) groups excluding carboxylic acids is 2. The molecule has 0 unspecified atom stereocenters. The summed E-state index contributed by atoms with van der Waals surface area (Å²) < 4.78 is 0. The number of carbonyl (C=O) groups is 2. The quantitative estimate of drug-likeness (QED) is 0.853. The van der Waals surface area contributed by atoms with Crippen LogP contribution in [0.3, 0.4) is 0 Å². The van der Waals surface area contributed by atoms with Gasteiger partial charge in [-0.1, -0.05) is 6.07 Å². The van der Waals surface area contributed by atoms with Crippen LogP contribution in [0, 0.1) is 0 Å². The molecule has 2 amide bonds. The van der Waals surface area contributed by atoms with Gasteiger partial charge in [0.05, 0.1) is 11.5 Å². The van der Waals surface area contributed by atoms with E-state index in [0.29, 0.717) is 35.8 Å². The van der Waals surface area contributed by atoms with Crippen molar-refractivity contribution in [3.8, 4) is 0 Å². The van der Waals surface area contributed by atoms with Crippen LogP contribution in [0.4, 0.5) is 5.69 Å².